The van der Waals surface area contributed by atoms with E-state index in [0.717, 1.165) is 71.7 Å². The van der Waals surface area contributed by atoms with Gasteiger partial charge in [-0.1, -0.05) is 78.1 Å². The molecule has 0 bridgehead atoms. The molecule has 6 aromatic carbocycles. The number of benzene rings is 6. The summed E-state index contributed by atoms with van der Waals surface area (Å²) in [6, 6.07) is 39.3. The maximum Gasteiger partial charge on any atom is 0.343 e. The summed E-state index contributed by atoms with van der Waals surface area (Å²) in [7, 11) is 0. The number of ether oxygens (including phenoxy) is 6. The Hall–Kier alpha value is -6.86. The van der Waals surface area contributed by atoms with E-state index in [1.807, 2.05) is 9.80 Å². The van der Waals surface area contributed by atoms with Crippen LogP contribution in [-0.4, -0.2) is 131 Å². The van der Waals surface area contributed by atoms with Crippen molar-refractivity contribution in [2.24, 2.45) is 0 Å². The largest absolute Gasteiger partial charge is 0.494 e. The second kappa shape index (κ2) is 39.2. The highest BCUT2D eigenvalue weighted by Crippen LogP contribution is 2.24. The third kappa shape index (κ3) is 24.3. The first-order valence-electron chi connectivity index (χ1n) is 30.7. The predicted molar refractivity (Wildman–Crippen MR) is 357 cm³/mol. The average Bonchev–Trinajstić information content (AvgIpc) is 3.66. The fourth-order valence-electron chi connectivity index (χ4n) is 9.17. The maximum absolute atomic E-state index is 13.9. The number of thioether (sulfide) groups is 4. The van der Waals surface area contributed by atoms with Crippen LogP contribution < -0.4 is 28.4 Å². The van der Waals surface area contributed by atoms with Gasteiger partial charge < -0.3 is 38.2 Å². The second-order valence-electron chi connectivity index (χ2n) is 21.0. The summed E-state index contributed by atoms with van der Waals surface area (Å²) in [6.07, 6.45) is 14.2. The third-order valence-electron chi connectivity index (χ3n) is 14.3. The van der Waals surface area contributed by atoms with Crippen molar-refractivity contribution in [3.8, 4) is 34.5 Å². The van der Waals surface area contributed by atoms with E-state index in [4.69, 9.17) is 28.4 Å². The fraction of sp³-hybridized carbons (Fsp3) is 0.400. The number of hydrogen-bond acceptors (Lipinski definition) is 16. The third-order valence-corrected chi connectivity index (χ3v) is 18.7. The Morgan fingerprint density at radius 2 is 0.523 bits per heavy atom. The van der Waals surface area contributed by atoms with E-state index in [1.165, 1.54) is 75.6 Å². The van der Waals surface area contributed by atoms with E-state index in [9.17, 15) is 28.8 Å². The summed E-state index contributed by atoms with van der Waals surface area (Å²) in [6.45, 7) is 8.04. The molecule has 0 aromatic heterocycles. The molecule has 7 rings (SSSR count). The van der Waals surface area contributed by atoms with Crippen molar-refractivity contribution in [3.63, 3.8) is 0 Å². The summed E-state index contributed by atoms with van der Waals surface area (Å²) in [5.41, 5.74) is 2.32. The number of nitrogens with zero attached hydrogens (tertiary/aromatic N) is 2. The molecule has 88 heavy (non-hydrogen) atoms. The van der Waals surface area contributed by atoms with Gasteiger partial charge in [0.05, 0.1) is 35.5 Å². The Bertz CT molecular complexity index is 2850. The molecule has 1 aliphatic heterocycles. The van der Waals surface area contributed by atoms with Gasteiger partial charge in [-0.2, -0.15) is 47.0 Å². The van der Waals surface area contributed by atoms with Gasteiger partial charge >= 0.3 is 23.9 Å². The van der Waals surface area contributed by atoms with Gasteiger partial charge in [0.15, 0.2) is 0 Å². The standard InChI is InChI=1S/C70H82N2O12S4/c1-3-5-7-9-11-13-43-79-59-27-19-55(20-28-59)67(75)83-63-35-23-57(24-36-63)69(77)81-61-31-15-53(16-32-61)65(73)71-39-45-85-49-51-87-47-41-72(42-48-88-52-50-86-46-40-71)66(74)54-17-33-62(34-18-54)82-70(78)58-25-37-64(38-26-58)84-68(76)56-21-29-60(30-22-56)80-44-14-12-10-8-6-4-2/h15-38H,3-14,39-52H2,1-2H3. The highest BCUT2D eigenvalue weighted by Gasteiger charge is 2.20. The first-order chi connectivity index (χ1) is 43.1. The Morgan fingerprint density at radius 1 is 0.295 bits per heavy atom. The monoisotopic (exact) mass is 1270 g/mol. The quantitative estimate of drug-likeness (QED) is 0.0286. The maximum atomic E-state index is 13.9. The summed E-state index contributed by atoms with van der Waals surface area (Å²) >= 11 is 7.17. The summed E-state index contributed by atoms with van der Waals surface area (Å²) in [5, 5.41) is 0. The lowest BCUT2D eigenvalue weighted by Crippen LogP contribution is -2.35. The van der Waals surface area contributed by atoms with Crippen LogP contribution in [0.2, 0.25) is 0 Å². The van der Waals surface area contributed by atoms with Gasteiger partial charge in [-0.25, -0.2) is 19.2 Å². The van der Waals surface area contributed by atoms with Crippen molar-refractivity contribution in [1.82, 2.24) is 9.80 Å². The van der Waals surface area contributed by atoms with Gasteiger partial charge in [0.25, 0.3) is 11.8 Å². The van der Waals surface area contributed by atoms with Gasteiger partial charge in [0.2, 0.25) is 0 Å². The van der Waals surface area contributed by atoms with Crippen LogP contribution in [0.5, 0.6) is 34.5 Å². The first-order valence-corrected chi connectivity index (χ1v) is 35.3. The summed E-state index contributed by atoms with van der Waals surface area (Å²) in [4.78, 5) is 83.4. The lowest BCUT2D eigenvalue weighted by Gasteiger charge is -2.24. The van der Waals surface area contributed by atoms with Crippen molar-refractivity contribution in [1.29, 1.82) is 0 Å². The number of carbonyl (C=O) groups is 6. The van der Waals surface area contributed by atoms with Gasteiger partial charge in [-0.05, 0) is 158 Å². The van der Waals surface area contributed by atoms with Gasteiger partial charge in [0, 0.05) is 83.3 Å². The molecule has 1 fully saturated rings. The molecule has 0 spiro atoms. The summed E-state index contributed by atoms with van der Waals surface area (Å²) in [5.74, 6) is 6.85. The molecular formula is C70H82N2O12S4. The van der Waals surface area contributed by atoms with Crippen LogP contribution in [0.4, 0.5) is 0 Å². The molecular weight excluding hydrogens is 1190 g/mol. The fourth-order valence-corrected chi connectivity index (χ4v) is 13.3. The minimum absolute atomic E-state index is 0.0815. The SMILES string of the molecule is CCCCCCCCOc1ccc(C(=O)Oc2ccc(C(=O)Oc3ccc(C(=O)N4CCSCCSCCN(C(=O)c5ccc(OC(=O)c6ccc(OC(=O)c7ccc(OCCCCCCCC)cc7)cc6)cc5)CCSCCSCC4)cc3)cc2)cc1. The number of unbranched alkanes of at least 4 members (excludes halogenated alkanes) is 10. The van der Waals surface area contributed by atoms with Gasteiger partial charge in [0.1, 0.15) is 34.5 Å². The van der Waals surface area contributed by atoms with Crippen molar-refractivity contribution in [3.05, 3.63) is 179 Å². The van der Waals surface area contributed by atoms with Crippen molar-refractivity contribution in [2.45, 2.75) is 90.9 Å². The Labute approximate surface area is 536 Å². The molecule has 0 radical (unpaired) electrons. The van der Waals surface area contributed by atoms with E-state index in [1.54, 1.807) is 168 Å². The molecule has 18 heteroatoms. The molecule has 0 saturated carbocycles. The van der Waals surface area contributed by atoms with Crippen LogP contribution in [-0.2, 0) is 0 Å². The van der Waals surface area contributed by atoms with E-state index in [2.05, 4.69) is 13.8 Å². The molecule has 1 saturated heterocycles. The number of hydrogen-bond donors (Lipinski definition) is 0. The Morgan fingerprint density at radius 3 is 0.784 bits per heavy atom. The molecule has 1 aliphatic rings. The molecule has 0 atom stereocenters. The van der Waals surface area contributed by atoms with Crippen molar-refractivity contribution in [2.75, 3.05) is 85.4 Å². The highest BCUT2D eigenvalue weighted by atomic mass is 32.2. The Balaban J connectivity index is 0.791. The second-order valence-corrected chi connectivity index (χ2v) is 25.9. The van der Waals surface area contributed by atoms with Crippen LogP contribution in [0.25, 0.3) is 0 Å². The van der Waals surface area contributed by atoms with Crippen molar-refractivity contribution >= 4 is 82.7 Å². The number of rotatable bonds is 26. The number of carbonyl (C=O) groups excluding carboxylic acids is 6. The highest BCUT2D eigenvalue weighted by molar-refractivity contribution is 8.03. The zero-order valence-corrected chi connectivity index (χ0v) is 53.9. The zero-order chi connectivity index (χ0) is 62.0. The van der Waals surface area contributed by atoms with E-state index in [0.29, 0.717) is 84.6 Å². The Kier molecular flexibility index (Phi) is 30.6. The lowest BCUT2D eigenvalue weighted by atomic mass is 10.1. The van der Waals surface area contributed by atoms with E-state index in [-0.39, 0.29) is 34.4 Å². The zero-order valence-electron chi connectivity index (χ0n) is 50.7. The molecule has 0 unspecified atom stereocenters. The number of amides is 2. The lowest BCUT2D eigenvalue weighted by molar-refractivity contribution is 0.0719. The minimum Gasteiger partial charge on any atom is -0.494 e. The average molecular weight is 1270 g/mol. The van der Waals surface area contributed by atoms with Crippen LogP contribution in [0, 0.1) is 0 Å². The molecule has 2 amide bonds. The van der Waals surface area contributed by atoms with Crippen LogP contribution in [0.15, 0.2) is 146 Å². The van der Waals surface area contributed by atoms with E-state index < -0.39 is 23.9 Å². The summed E-state index contributed by atoms with van der Waals surface area (Å²) < 4.78 is 34.1. The molecule has 468 valence electrons. The molecule has 1 heterocycles. The van der Waals surface area contributed by atoms with Crippen LogP contribution >= 0.6 is 47.0 Å². The molecule has 14 nitrogen and oxygen atoms in total. The minimum atomic E-state index is -0.588. The predicted octanol–water partition coefficient (Wildman–Crippen LogP) is 15.6. The van der Waals surface area contributed by atoms with Crippen LogP contribution in [0.1, 0.15) is 153 Å². The normalized spacial score (nSPS) is 13.7. The van der Waals surface area contributed by atoms with E-state index >= 15 is 0 Å². The van der Waals surface area contributed by atoms with Gasteiger partial charge in [-0.15, -0.1) is 0 Å². The molecule has 0 N–H and O–H groups in total. The topological polar surface area (TPSA) is 164 Å². The first kappa shape index (κ1) is 68.6. The van der Waals surface area contributed by atoms with Crippen LogP contribution in [0.3, 0.4) is 0 Å². The molecule has 0 aliphatic carbocycles. The number of esters is 4. The van der Waals surface area contributed by atoms with Crippen molar-refractivity contribution < 1.29 is 57.2 Å². The van der Waals surface area contributed by atoms with Gasteiger partial charge in [-0.3, -0.25) is 9.59 Å². The molecule has 6 aromatic rings. The smallest absolute Gasteiger partial charge is 0.343 e.